The molecule has 63 heavy (non-hydrogen) atoms. The smallest absolute Gasteiger partial charge is 0.290 e. The minimum absolute atomic E-state index is 0.0821. The van der Waals surface area contributed by atoms with E-state index in [0.717, 1.165) is 64.2 Å². The number of likely N-dealkylation sites (N-methyl/N-ethyl adjacent to an activating group) is 1. The average molecular weight is 873 g/mol. The standard InChI is InChI=1S/C45H64N10O8/c1-4-14-32(39(57)44(62)49-27-36(56)53-38(45(63)55(2)3)30-19-12-7-13-20-30)50-40(58)31-24-47-25-34(31)52-41(59)33(23-28-15-8-5-9-16-28)51-43(61)37(29-17-10-6-11-18-29)54-42(60)35-26-46-21-22-48-35/h7,12-13,19-22,26,28-29,31-34,37-38,47H,4-6,8-11,14-18,23-25,27H2,1-3H3,(H,49,62)(H,50,58)(H,51,61)(H,52,59)(H,53,56)(H,54,60)/t31-,32+,33+,34+,37+,38+/m1/s1. The first-order chi connectivity index (χ1) is 30.4. The minimum atomic E-state index is -1.21. The Labute approximate surface area is 369 Å². The van der Waals surface area contributed by atoms with Gasteiger partial charge in [-0.05, 0) is 43.1 Å². The maximum Gasteiger partial charge on any atom is 0.290 e. The lowest BCUT2D eigenvalue weighted by molar-refractivity contribution is -0.141. The highest BCUT2D eigenvalue weighted by Crippen LogP contribution is 2.29. The summed E-state index contributed by atoms with van der Waals surface area (Å²) < 4.78 is 0. The van der Waals surface area contributed by atoms with Gasteiger partial charge in [0, 0.05) is 39.6 Å². The second-order valence-corrected chi connectivity index (χ2v) is 17.2. The number of carbonyl (C=O) groups excluding carboxylic acids is 8. The van der Waals surface area contributed by atoms with Crippen molar-refractivity contribution in [3.05, 3.63) is 60.2 Å². The molecule has 1 saturated heterocycles. The fourth-order valence-electron chi connectivity index (χ4n) is 8.78. The van der Waals surface area contributed by atoms with E-state index < -0.39 is 83.9 Å². The molecule has 7 amide bonds. The number of aromatic nitrogens is 2. The van der Waals surface area contributed by atoms with E-state index in [9.17, 15) is 38.4 Å². The fourth-order valence-corrected chi connectivity index (χ4v) is 8.78. The van der Waals surface area contributed by atoms with Crippen LogP contribution in [-0.2, 0) is 33.6 Å². The molecule has 2 aromatic rings. The molecule has 342 valence electrons. The van der Waals surface area contributed by atoms with Gasteiger partial charge in [0.2, 0.25) is 35.3 Å². The van der Waals surface area contributed by atoms with Gasteiger partial charge in [-0.2, -0.15) is 0 Å². The summed E-state index contributed by atoms with van der Waals surface area (Å²) in [4.78, 5) is 117. The van der Waals surface area contributed by atoms with E-state index in [4.69, 9.17) is 0 Å². The van der Waals surface area contributed by atoms with Gasteiger partial charge in [0.1, 0.15) is 23.8 Å². The molecule has 2 heterocycles. The van der Waals surface area contributed by atoms with Crippen LogP contribution in [0.5, 0.6) is 0 Å². The predicted molar refractivity (Wildman–Crippen MR) is 232 cm³/mol. The molecule has 3 aliphatic rings. The summed E-state index contributed by atoms with van der Waals surface area (Å²) >= 11 is 0. The van der Waals surface area contributed by atoms with Crippen LogP contribution in [0.25, 0.3) is 0 Å². The lowest BCUT2D eigenvalue weighted by Gasteiger charge is -2.33. The summed E-state index contributed by atoms with van der Waals surface area (Å²) in [6, 6.07) is 3.86. The average Bonchev–Trinajstić information content (AvgIpc) is 3.77. The van der Waals surface area contributed by atoms with Crippen LogP contribution in [0.3, 0.4) is 0 Å². The monoisotopic (exact) mass is 872 g/mol. The Bertz CT molecular complexity index is 1890. The summed E-state index contributed by atoms with van der Waals surface area (Å²) in [5, 5.41) is 19.7. The Balaban J connectivity index is 1.22. The van der Waals surface area contributed by atoms with Gasteiger partial charge in [-0.25, -0.2) is 4.98 Å². The van der Waals surface area contributed by atoms with Crippen LogP contribution in [0.15, 0.2) is 48.9 Å². The van der Waals surface area contributed by atoms with E-state index in [-0.39, 0.29) is 42.9 Å². The SMILES string of the molecule is CCC[C@H](NC(=O)[C@@H]1CNC[C@@H]1NC(=O)[C@H](CC1CCCCC1)NC(=O)[C@@H](NC(=O)c1cnccn1)C1CCCCC1)C(=O)C(=O)NCC(=O)N[C@H](C(=O)N(C)C)c1ccccc1. The Morgan fingerprint density at radius 2 is 1.49 bits per heavy atom. The highest BCUT2D eigenvalue weighted by Gasteiger charge is 2.40. The third-order valence-corrected chi connectivity index (χ3v) is 12.3. The number of nitrogens with zero attached hydrogens (tertiary/aromatic N) is 3. The fraction of sp³-hybridized carbons (Fsp3) is 0.600. The number of benzene rings is 1. The van der Waals surface area contributed by atoms with Gasteiger partial charge in [0.25, 0.3) is 11.8 Å². The lowest BCUT2D eigenvalue weighted by Crippen LogP contribution is -2.59. The summed E-state index contributed by atoms with van der Waals surface area (Å²) in [5.74, 6) is -5.83. The van der Waals surface area contributed by atoms with Crippen LogP contribution in [0.1, 0.15) is 112 Å². The van der Waals surface area contributed by atoms with E-state index in [1.165, 1.54) is 23.5 Å². The summed E-state index contributed by atoms with van der Waals surface area (Å²) in [6.07, 6.45) is 14.5. The third kappa shape index (κ3) is 14.1. The van der Waals surface area contributed by atoms with E-state index in [1.807, 2.05) is 0 Å². The number of hydrogen-bond acceptors (Lipinski definition) is 11. The predicted octanol–water partition coefficient (Wildman–Crippen LogP) is 1.23. The molecule has 2 aliphatic carbocycles. The Morgan fingerprint density at radius 1 is 0.794 bits per heavy atom. The molecule has 0 spiro atoms. The van der Waals surface area contributed by atoms with Crippen molar-refractivity contribution in [1.82, 2.24) is 52.1 Å². The molecule has 0 unspecified atom stereocenters. The number of nitrogens with one attached hydrogen (secondary N) is 7. The molecule has 18 nitrogen and oxygen atoms in total. The number of ketones is 1. The number of rotatable bonds is 20. The van der Waals surface area contributed by atoms with Crippen LogP contribution in [0.2, 0.25) is 0 Å². The molecular formula is C45H64N10O8. The van der Waals surface area contributed by atoms with Gasteiger partial charge in [0.05, 0.1) is 30.7 Å². The maximum atomic E-state index is 14.2. The molecule has 18 heteroatoms. The van der Waals surface area contributed by atoms with E-state index >= 15 is 0 Å². The van der Waals surface area contributed by atoms with Crippen LogP contribution in [-0.4, -0.2) is 120 Å². The van der Waals surface area contributed by atoms with Gasteiger partial charge in [-0.3, -0.25) is 43.3 Å². The second-order valence-electron chi connectivity index (χ2n) is 17.2. The maximum absolute atomic E-state index is 14.2. The lowest BCUT2D eigenvalue weighted by atomic mass is 9.82. The van der Waals surface area contributed by atoms with E-state index in [0.29, 0.717) is 18.4 Å². The zero-order chi connectivity index (χ0) is 45.3. The number of carbonyl (C=O) groups is 8. The first-order valence-corrected chi connectivity index (χ1v) is 22.4. The molecule has 2 saturated carbocycles. The van der Waals surface area contributed by atoms with Crippen LogP contribution in [0, 0.1) is 17.8 Å². The zero-order valence-corrected chi connectivity index (χ0v) is 36.7. The van der Waals surface area contributed by atoms with Crippen molar-refractivity contribution in [1.29, 1.82) is 0 Å². The van der Waals surface area contributed by atoms with Crippen molar-refractivity contribution in [3.63, 3.8) is 0 Å². The molecule has 1 aromatic carbocycles. The molecule has 1 aromatic heterocycles. The zero-order valence-electron chi connectivity index (χ0n) is 36.7. The molecule has 7 N–H and O–H groups in total. The van der Waals surface area contributed by atoms with Crippen molar-refractivity contribution >= 4 is 47.1 Å². The topological polar surface area (TPSA) is 250 Å². The van der Waals surface area contributed by atoms with Crippen molar-refractivity contribution in [2.75, 3.05) is 33.7 Å². The van der Waals surface area contributed by atoms with Gasteiger partial charge in [-0.1, -0.05) is 95.0 Å². The number of hydrogen-bond donors (Lipinski definition) is 7. The molecule has 5 rings (SSSR count). The van der Waals surface area contributed by atoms with Crippen LogP contribution < -0.4 is 37.2 Å². The molecule has 3 fully saturated rings. The van der Waals surface area contributed by atoms with Crippen LogP contribution in [0.4, 0.5) is 0 Å². The summed E-state index contributed by atoms with van der Waals surface area (Å²) in [7, 11) is 3.11. The van der Waals surface area contributed by atoms with Gasteiger partial charge in [-0.15, -0.1) is 0 Å². The first kappa shape index (κ1) is 48.3. The summed E-state index contributed by atoms with van der Waals surface area (Å²) in [5.41, 5.74) is 0.626. The van der Waals surface area contributed by atoms with Crippen molar-refractivity contribution in [3.8, 4) is 0 Å². The van der Waals surface area contributed by atoms with Crippen molar-refractivity contribution in [2.24, 2.45) is 17.8 Å². The highest BCUT2D eigenvalue weighted by molar-refractivity contribution is 6.38. The molecule has 0 radical (unpaired) electrons. The van der Waals surface area contributed by atoms with Gasteiger partial charge >= 0.3 is 0 Å². The number of amides is 7. The molecule has 0 bridgehead atoms. The van der Waals surface area contributed by atoms with Crippen LogP contribution >= 0.6 is 0 Å². The van der Waals surface area contributed by atoms with Gasteiger partial charge < -0.3 is 42.1 Å². The van der Waals surface area contributed by atoms with Crippen molar-refractivity contribution < 1.29 is 38.4 Å². The first-order valence-electron chi connectivity index (χ1n) is 22.4. The Morgan fingerprint density at radius 3 is 2.14 bits per heavy atom. The highest BCUT2D eigenvalue weighted by atomic mass is 16.2. The third-order valence-electron chi connectivity index (χ3n) is 12.3. The molecular weight excluding hydrogens is 809 g/mol. The minimum Gasteiger partial charge on any atom is -0.349 e. The second kappa shape index (κ2) is 24.2. The quantitative estimate of drug-likeness (QED) is 0.0933. The molecule has 6 atom stereocenters. The Kier molecular flexibility index (Phi) is 18.5. The number of Topliss-reactive ketones (excluding diaryl/α,β-unsaturated/α-hetero) is 1. The molecule has 1 aliphatic heterocycles. The normalized spacial score (nSPS) is 19.9. The van der Waals surface area contributed by atoms with Crippen molar-refractivity contribution in [2.45, 2.75) is 121 Å². The van der Waals surface area contributed by atoms with E-state index in [1.54, 1.807) is 51.4 Å². The van der Waals surface area contributed by atoms with E-state index in [2.05, 4.69) is 47.2 Å². The van der Waals surface area contributed by atoms with Gasteiger partial charge in [0.15, 0.2) is 0 Å². The largest absolute Gasteiger partial charge is 0.349 e. The Hall–Kier alpha value is -5.78. The summed E-state index contributed by atoms with van der Waals surface area (Å²) in [6.45, 7) is 1.64.